The lowest BCUT2D eigenvalue weighted by molar-refractivity contribution is -0.116. The molecule has 0 bridgehead atoms. The van der Waals surface area contributed by atoms with Crippen LogP contribution in [0.4, 0.5) is 19.0 Å². The number of nitrogens with zero attached hydrogens (tertiary/aromatic N) is 6. The second-order valence-corrected chi connectivity index (χ2v) is 7.15. The van der Waals surface area contributed by atoms with Gasteiger partial charge < -0.3 is 9.88 Å². The summed E-state index contributed by atoms with van der Waals surface area (Å²) in [5.41, 5.74) is 1.77. The molecule has 11 heteroatoms. The van der Waals surface area contributed by atoms with Crippen LogP contribution in [0.1, 0.15) is 23.7 Å². The van der Waals surface area contributed by atoms with Gasteiger partial charge in [0, 0.05) is 47.5 Å². The minimum atomic E-state index is -4.51. The number of imidazole rings is 1. The van der Waals surface area contributed by atoms with Crippen molar-refractivity contribution in [2.45, 2.75) is 32.0 Å². The fourth-order valence-corrected chi connectivity index (χ4v) is 3.33. The molecule has 0 aromatic carbocycles. The van der Waals surface area contributed by atoms with Gasteiger partial charge in [0.15, 0.2) is 0 Å². The normalized spacial score (nSPS) is 16.0. The summed E-state index contributed by atoms with van der Waals surface area (Å²) < 4.78 is 40.5. The van der Waals surface area contributed by atoms with E-state index in [0.717, 1.165) is 17.2 Å². The smallest absolute Gasteiger partial charge is 0.325 e. The summed E-state index contributed by atoms with van der Waals surface area (Å²) >= 11 is 0. The number of rotatable bonds is 5. The van der Waals surface area contributed by atoms with E-state index in [9.17, 15) is 18.0 Å². The Hall–Kier alpha value is -3.89. The zero-order chi connectivity index (χ0) is 22.7. The van der Waals surface area contributed by atoms with E-state index in [2.05, 4.69) is 30.2 Å². The number of amides is 1. The van der Waals surface area contributed by atoms with Crippen LogP contribution in [0.15, 0.2) is 60.1 Å². The first-order valence-electron chi connectivity index (χ1n) is 9.65. The quantitative estimate of drug-likeness (QED) is 0.651. The van der Waals surface area contributed by atoms with Gasteiger partial charge in [0.2, 0.25) is 5.91 Å². The molecule has 1 unspecified atom stereocenters. The van der Waals surface area contributed by atoms with Crippen LogP contribution in [-0.2, 0) is 11.3 Å². The van der Waals surface area contributed by atoms with Gasteiger partial charge in [0.05, 0.1) is 12.0 Å². The predicted octanol–water partition coefficient (Wildman–Crippen LogP) is 3.69. The van der Waals surface area contributed by atoms with Gasteiger partial charge in [0.25, 0.3) is 0 Å². The van der Waals surface area contributed by atoms with Crippen LogP contribution in [0.2, 0.25) is 0 Å². The molecular formula is C21H18F3N7O. The van der Waals surface area contributed by atoms with Crippen molar-refractivity contribution in [3.63, 3.8) is 0 Å². The summed E-state index contributed by atoms with van der Waals surface area (Å²) in [5, 5.41) is 2.70. The minimum absolute atomic E-state index is 0.0502. The molecule has 0 saturated carbocycles. The topological polar surface area (TPSA) is 98.0 Å². The number of carbonyl (C=O) groups is 1. The van der Waals surface area contributed by atoms with Crippen molar-refractivity contribution in [1.29, 1.82) is 0 Å². The van der Waals surface area contributed by atoms with Crippen LogP contribution in [0.25, 0.3) is 11.1 Å². The summed E-state index contributed by atoms with van der Waals surface area (Å²) in [6, 6.07) is 3.45. The van der Waals surface area contributed by atoms with E-state index in [1.807, 2.05) is 0 Å². The number of halogens is 3. The highest BCUT2D eigenvalue weighted by molar-refractivity contribution is 5.89. The maximum atomic E-state index is 13.0. The zero-order valence-corrected chi connectivity index (χ0v) is 16.9. The van der Waals surface area contributed by atoms with Gasteiger partial charge in [-0.2, -0.15) is 13.2 Å². The van der Waals surface area contributed by atoms with E-state index in [-0.39, 0.29) is 12.5 Å². The summed E-state index contributed by atoms with van der Waals surface area (Å²) in [5.74, 6) is -0.517. The van der Waals surface area contributed by atoms with E-state index in [0.29, 0.717) is 23.6 Å². The van der Waals surface area contributed by atoms with Crippen LogP contribution in [-0.4, -0.2) is 42.8 Å². The molecule has 1 aliphatic heterocycles. The van der Waals surface area contributed by atoms with Gasteiger partial charge in [-0.25, -0.2) is 19.9 Å². The van der Waals surface area contributed by atoms with E-state index in [1.54, 1.807) is 42.2 Å². The molecule has 32 heavy (non-hydrogen) atoms. The summed E-state index contributed by atoms with van der Waals surface area (Å²) in [6.07, 6.45) is 5.92. The monoisotopic (exact) mass is 441 g/mol. The Balaban J connectivity index is 1.42. The van der Waals surface area contributed by atoms with Gasteiger partial charge in [-0.1, -0.05) is 0 Å². The number of hydrogen-bond donors (Lipinski definition) is 1. The third kappa shape index (κ3) is 4.71. The van der Waals surface area contributed by atoms with Crippen molar-refractivity contribution in [2.24, 2.45) is 4.99 Å². The molecule has 1 N–H and O–H groups in total. The Morgan fingerprint density at radius 1 is 1.16 bits per heavy atom. The highest BCUT2D eigenvalue weighted by Gasteiger charge is 2.36. The third-order valence-electron chi connectivity index (χ3n) is 4.97. The van der Waals surface area contributed by atoms with Gasteiger partial charge in [-0.3, -0.25) is 9.79 Å². The van der Waals surface area contributed by atoms with Crippen molar-refractivity contribution >= 4 is 17.9 Å². The summed E-state index contributed by atoms with van der Waals surface area (Å²) in [6.45, 7) is 1.67. The number of allylic oxidation sites excluding steroid dienone is 2. The first-order chi connectivity index (χ1) is 15.3. The standard InChI is InChI=1S/C21H18F3N7O/c1-13-20(14-4-5-27-17(6-14)21(22,23)24)29-12-31(13)10-19(32)30-18-3-2-15(9-28-18)16-7-25-11-26-8-16/h2-3,5-9,11-12,14H,4,10H2,1H3,(H,28,30,32). The van der Waals surface area contributed by atoms with Crippen molar-refractivity contribution in [1.82, 2.24) is 24.5 Å². The Morgan fingerprint density at radius 3 is 2.62 bits per heavy atom. The number of anilines is 1. The SMILES string of the molecule is Cc1c(C2C=C(C(F)(F)F)N=CC2)ncn1CC(=O)Nc1ccc(-c2cncnc2)cn1. The lowest BCUT2D eigenvalue weighted by atomic mass is 9.97. The molecule has 3 aromatic heterocycles. The average molecular weight is 441 g/mol. The minimum Gasteiger partial charge on any atom is -0.325 e. The second kappa shape index (κ2) is 8.69. The lowest BCUT2D eigenvalue weighted by Gasteiger charge is -2.17. The number of nitrogens with one attached hydrogen (secondary N) is 1. The van der Waals surface area contributed by atoms with Crippen LogP contribution < -0.4 is 5.32 Å². The molecule has 1 aliphatic rings. The molecule has 4 rings (SSSR count). The number of pyridine rings is 1. The third-order valence-corrected chi connectivity index (χ3v) is 4.97. The number of aromatic nitrogens is 5. The predicted molar refractivity (Wildman–Crippen MR) is 111 cm³/mol. The Bertz CT molecular complexity index is 1170. The molecule has 8 nitrogen and oxygen atoms in total. The van der Waals surface area contributed by atoms with E-state index >= 15 is 0 Å². The number of hydrogen-bond acceptors (Lipinski definition) is 6. The van der Waals surface area contributed by atoms with Crippen molar-refractivity contribution < 1.29 is 18.0 Å². The summed E-state index contributed by atoms with van der Waals surface area (Å²) in [7, 11) is 0. The molecule has 3 aromatic rings. The molecule has 0 spiro atoms. The highest BCUT2D eigenvalue weighted by atomic mass is 19.4. The Labute approximate surface area is 181 Å². The zero-order valence-electron chi connectivity index (χ0n) is 16.9. The molecule has 4 heterocycles. The molecule has 0 fully saturated rings. The van der Waals surface area contributed by atoms with Gasteiger partial charge in [0.1, 0.15) is 24.4 Å². The highest BCUT2D eigenvalue weighted by Crippen LogP contribution is 2.34. The van der Waals surface area contributed by atoms with Crippen molar-refractivity contribution in [3.8, 4) is 11.1 Å². The summed E-state index contributed by atoms with van der Waals surface area (Å²) in [4.78, 5) is 32.3. The maximum Gasteiger partial charge on any atom is 0.433 e. The number of alkyl halides is 3. The Morgan fingerprint density at radius 2 is 1.94 bits per heavy atom. The molecule has 0 saturated heterocycles. The van der Waals surface area contributed by atoms with Gasteiger partial charge in [-0.15, -0.1) is 0 Å². The fraction of sp³-hybridized carbons (Fsp3) is 0.238. The van der Waals surface area contributed by atoms with Crippen LogP contribution in [0.3, 0.4) is 0 Å². The van der Waals surface area contributed by atoms with E-state index in [1.165, 1.54) is 18.9 Å². The van der Waals surface area contributed by atoms with Gasteiger partial charge >= 0.3 is 6.18 Å². The number of aliphatic imine (C=N–C) groups is 1. The van der Waals surface area contributed by atoms with Crippen molar-refractivity contribution in [3.05, 3.63) is 66.5 Å². The molecule has 0 aliphatic carbocycles. The van der Waals surface area contributed by atoms with Crippen LogP contribution in [0.5, 0.6) is 0 Å². The van der Waals surface area contributed by atoms with Gasteiger partial charge in [-0.05, 0) is 31.6 Å². The Kier molecular flexibility index (Phi) is 5.80. The second-order valence-electron chi connectivity index (χ2n) is 7.15. The van der Waals surface area contributed by atoms with Crippen LogP contribution in [0, 0.1) is 6.92 Å². The molecule has 0 radical (unpaired) electrons. The molecule has 1 amide bonds. The first kappa shape index (κ1) is 21.3. The number of carbonyl (C=O) groups excluding carboxylic acids is 1. The largest absolute Gasteiger partial charge is 0.433 e. The van der Waals surface area contributed by atoms with E-state index in [4.69, 9.17) is 0 Å². The average Bonchev–Trinajstić information content (AvgIpc) is 3.14. The van der Waals surface area contributed by atoms with Crippen LogP contribution >= 0.6 is 0 Å². The van der Waals surface area contributed by atoms with Crippen molar-refractivity contribution in [2.75, 3.05) is 5.32 Å². The molecular weight excluding hydrogens is 423 g/mol. The first-order valence-corrected chi connectivity index (χ1v) is 9.65. The van der Waals surface area contributed by atoms with E-state index < -0.39 is 17.8 Å². The molecule has 1 atom stereocenters. The molecule has 164 valence electrons. The fourth-order valence-electron chi connectivity index (χ4n) is 3.33. The lowest BCUT2D eigenvalue weighted by Crippen LogP contribution is -2.20. The maximum absolute atomic E-state index is 13.0.